The number of aliphatic hydroxyl groups excluding tert-OH is 2. The third kappa shape index (κ3) is 4.90. The molecule has 0 radical (unpaired) electrons. The summed E-state index contributed by atoms with van der Waals surface area (Å²) >= 11 is 0. The van der Waals surface area contributed by atoms with Crippen LogP contribution in [-0.2, 0) is 6.42 Å². The van der Waals surface area contributed by atoms with Gasteiger partial charge in [-0.05, 0) is 55.5 Å². The maximum absolute atomic E-state index is 10.6. The highest BCUT2D eigenvalue weighted by atomic mass is 16.3. The van der Waals surface area contributed by atoms with Gasteiger partial charge in [-0.1, -0.05) is 42.5 Å². The summed E-state index contributed by atoms with van der Waals surface area (Å²) in [4.78, 5) is 0. The van der Waals surface area contributed by atoms with Crippen molar-refractivity contribution in [3.8, 4) is 0 Å². The number of hydrogen-bond acceptors (Lipinski definition) is 5. The van der Waals surface area contributed by atoms with Crippen LogP contribution in [0.15, 0.2) is 73.1 Å². The maximum atomic E-state index is 10.6. The average Bonchev–Trinajstić information content (AvgIpc) is 3.47. The molecule has 0 amide bonds. The van der Waals surface area contributed by atoms with Crippen LogP contribution in [0.4, 0.5) is 5.69 Å². The first kappa shape index (κ1) is 20.6. The van der Waals surface area contributed by atoms with Crippen LogP contribution >= 0.6 is 0 Å². The van der Waals surface area contributed by atoms with Gasteiger partial charge in [-0.25, -0.2) is 0 Å². The molecule has 5 atom stereocenters. The zero-order valence-corrected chi connectivity index (χ0v) is 17.2. The van der Waals surface area contributed by atoms with E-state index < -0.39 is 12.3 Å². The lowest BCUT2D eigenvalue weighted by Crippen LogP contribution is -2.35. The molecule has 6 nitrogen and oxygen atoms in total. The van der Waals surface area contributed by atoms with Crippen molar-refractivity contribution in [2.24, 2.45) is 0 Å². The molecule has 4 N–H and O–H groups in total. The van der Waals surface area contributed by atoms with Crippen molar-refractivity contribution in [3.05, 3.63) is 84.2 Å². The van der Waals surface area contributed by atoms with Gasteiger partial charge in [0.05, 0.1) is 12.1 Å². The predicted octanol–water partition coefficient (Wildman–Crippen LogP) is 3.27. The van der Waals surface area contributed by atoms with Gasteiger partial charge in [-0.2, -0.15) is 5.10 Å². The molecule has 1 fully saturated rings. The Balaban J connectivity index is 1.29. The van der Waals surface area contributed by atoms with E-state index in [1.165, 1.54) is 5.56 Å². The van der Waals surface area contributed by atoms with Crippen LogP contribution < -0.4 is 10.6 Å². The first-order valence-corrected chi connectivity index (χ1v) is 10.6. The number of nitrogens with one attached hydrogen (secondary N) is 2. The van der Waals surface area contributed by atoms with Crippen LogP contribution in [0.5, 0.6) is 0 Å². The molecule has 6 heteroatoms. The van der Waals surface area contributed by atoms with Crippen molar-refractivity contribution in [1.82, 2.24) is 15.1 Å². The van der Waals surface area contributed by atoms with Gasteiger partial charge in [0, 0.05) is 30.2 Å². The highest BCUT2D eigenvalue weighted by molar-refractivity contribution is 5.45. The molecule has 2 heterocycles. The number of aliphatic hydroxyl groups is 2. The molecule has 1 saturated heterocycles. The Labute approximate surface area is 177 Å². The zero-order valence-electron chi connectivity index (χ0n) is 17.2. The van der Waals surface area contributed by atoms with Crippen molar-refractivity contribution in [2.75, 3.05) is 5.32 Å². The number of rotatable bonds is 8. The predicted molar refractivity (Wildman–Crippen MR) is 118 cm³/mol. The molecule has 4 rings (SSSR count). The Morgan fingerprint density at radius 2 is 1.83 bits per heavy atom. The zero-order chi connectivity index (χ0) is 20.9. The van der Waals surface area contributed by atoms with Crippen molar-refractivity contribution in [2.45, 2.75) is 56.6 Å². The van der Waals surface area contributed by atoms with Crippen LogP contribution in [0.25, 0.3) is 0 Å². The number of benzene rings is 2. The summed E-state index contributed by atoms with van der Waals surface area (Å²) in [5.74, 6) is 0. The summed E-state index contributed by atoms with van der Waals surface area (Å²) in [5.41, 5.74) is 3.08. The number of nitrogens with zero attached hydrogens (tertiary/aromatic N) is 2. The summed E-state index contributed by atoms with van der Waals surface area (Å²) in [6, 6.07) is 20.2. The molecular weight excluding hydrogens is 376 g/mol. The van der Waals surface area contributed by atoms with E-state index >= 15 is 0 Å². The highest BCUT2D eigenvalue weighted by Gasteiger charge is 2.29. The van der Waals surface area contributed by atoms with E-state index in [0.717, 1.165) is 30.5 Å². The Hall–Kier alpha value is -2.67. The standard InChI is InChI=1S/C24H30N4O2/c1-17(28-15-5-14-25-28)24(30)27-20-10-8-18(9-11-20)16-21-12-13-22(26-21)23(29)19-6-3-2-4-7-19/h2-11,14-15,17,21-24,26-27,29-30H,12-13,16H2,1H3/t17?,21-,22+,23+,24?/m0/s1. The molecule has 0 bridgehead atoms. The van der Waals surface area contributed by atoms with Gasteiger partial charge in [0.15, 0.2) is 0 Å². The topological polar surface area (TPSA) is 82.3 Å². The van der Waals surface area contributed by atoms with E-state index in [4.69, 9.17) is 0 Å². The molecule has 1 aromatic heterocycles. The fraction of sp³-hybridized carbons (Fsp3) is 0.375. The third-order valence-electron chi connectivity index (χ3n) is 5.95. The molecule has 1 aliphatic heterocycles. The van der Waals surface area contributed by atoms with Crippen molar-refractivity contribution < 1.29 is 10.2 Å². The van der Waals surface area contributed by atoms with E-state index in [9.17, 15) is 10.2 Å². The molecule has 1 aliphatic rings. The van der Waals surface area contributed by atoms with E-state index in [1.807, 2.05) is 61.7 Å². The van der Waals surface area contributed by atoms with Crippen LogP contribution in [-0.4, -0.2) is 38.3 Å². The highest BCUT2D eigenvalue weighted by Crippen LogP contribution is 2.27. The van der Waals surface area contributed by atoms with E-state index in [-0.39, 0.29) is 12.1 Å². The first-order chi connectivity index (χ1) is 14.6. The normalized spacial score (nSPS) is 21.8. The number of hydrogen-bond donors (Lipinski definition) is 4. The molecule has 0 saturated carbocycles. The first-order valence-electron chi connectivity index (χ1n) is 10.6. The molecule has 3 aromatic rings. The van der Waals surface area contributed by atoms with Crippen LogP contribution in [0.3, 0.4) is 0 Å². The monoisotopic (exact) mass is 406 g/mol. The molecule has 0 spiro atoms. The lowest BCUT2D eigenvalue weighted by molar-refractivity contribution is 0.135. The summed E-state index contributed by atoms with van der Waals surface area (Å²) in [6.45, 7) is 1.92. The fourth-order valence-corrected chi connectivity index (χ4v) is 4.12. The van der Waals surface area contributed by atoms with E-state index in [2.05, 4.69) is 27.9 Å². The maximum Gasteiger partial charge on any atom is 0.146 e. The molecular formula is C24H30N4O2. The minimum absolute atomic E-state index is 0.0947. The van der Waals surface area contributed by atoms with E-state index in [1.54, 1.807) is 10.9 Å². The van der Waals surface area contributed by atoms with Gasteiger partial charge in [0.1, 0.15) is 6.23 Å². The van der Waals surface area contributed by atoms with Crippen LogP contribution in [0, 0.1) is 0 Å². The number of aromatic nitrogens is 2. The Bertz CT molecular complexity index is 899. The van der Waals surface area contributed by atoms with Gasteiger partial charge in [0.25, 0.3) is 0 Å². The SMILES string of the molecule is CC(C(O)Nc1ccc(C[C@@H]2CC[C@H]([C@H](O)c3ccccc3)N2)cc1)n1cccn1. The second kappa shape index (κ2) is 9.43. The summed E-state index contributed by atoms with van der Waals surface area (Å²) in [6.07, 6.45) is 5.29. The van der Waals surface area contributed by atoms with Gasteiger partial charge in [-0.3, -0.25) is 4.68 Å². The smallest absolute Gasteiger partial charge is 0.146 e. The molecule has 158 valence electrons. The minimum atomic E-state index is -0.729. The summed E-state index contributed by atoms with van der Waals surface area (Å²) < 4.78 is 1.73. The van der Waals surface area contributed by atoms with Crippen LogP contribution in [0.1, 0.15) is 43.0 Å². The van der Waals surface area contributed by atoms with Crippen molar-refractivity contribution in [1.29, 1.82) is 0 Å². The molecule has 2 unspecified atom stereocenters. The quantitative estimate of drug-likeness (QED) is 0.432. The minimum Gasteiger partial charge on any atom is -0.387 e. The largest absolute Gasteiger partial charge is 0.387 e. The van der Waals surface area contributed by atoms with Gasteiger partial charge in [-0.15, -0.1) is 0 Å². The van der Waals surface area contributed by atoms with Gasteiger partial charge in [0.2, 0.25) is 0 Å². The summed E-state index contributed by atoms with van der Waals surface area (Å²) in [7, 11) is 0. The molecule has 0 aliphatic carbocycles. The second-order valence-electron chi connectivity index (χ2n) is 8.12. The lowest BCUT2D eigenvalue weighted by Gasteiger charge is -2.22. The molecule has 2 aromatic carbocycles. The van der Waals surface area contributed by atoms with Crippen molar-refractivity contribution in [3.63, 3.8) is 0 Å². The Morgan fingerprint density at radius 1 is 1.07 bits per heavy atom. The fourth-order valence-electron chi connectivity index (χ4n) is 4.12. The Kier molecular flexibility index (Phi) is 6.47. The average molecular weight is 407 g/mol. The van der Waals surface area contributed by atoms with Gasteiger partial charge >= 0.3 is 0 Å². The van der Waals surface area contributed by atoms with Crippen molar-refractivity contribution >= 4 is 5.69 Å². The summed E-state index contributed by atoms with van der Waals surface area (Å²) in [5, 5.41) is 32.0. The van der Waals surface area contributed by atoms with E-state index in [0.29, 0.717) is 6.04 Å². The second-order valence-corrected chi connectivity index (χ2v) is 8.12. The Morgan fingerprint density at radius 3 is 2.53 bits per heavy atom. The van der Waals surface area contributed by atoms with Crippen LogP contribution in [0.2, 0.25) is 0 Å². The molecule has 30 heavy (non-hydrogen) atoms. The third-order valence-corrected chi connectivity index (χ3v) is 5.95. The van der Waals surface area contributed by atoms with Gasteiger partial charge < -0.3 is 20.8 Å². The number of anilines is 1. The lowest BCUT2D eigenvalue weighted by atomic mass is 10.0.